The van der Waals surface area contributed by atoms with Crippen LogP contribution in [0.4, 0.5) is 5.69 Å². The van der Waals surface area contributed by atoms with E-state index in [0.717, 1.165) is 27.7 Å². The lowest BCUT2D eigenvalue weighted by molar-refractivity contribution is -0.129. The number of rotatable bonds is 4. The van der Waals surface area contributed by atoms with E-state index in [1.807, 2.05) is 89.8 Å². The van der Waals surface area contributed by atoms with E-state index in [0.29, 0.717) is 5.69 Å². The first-order valence-corrected chi connectivity index (χ1v) is 10.5. The summed E-state index contributed by atoms with van der Waals surface area (Å²) in [6.45, 7) is 1.51. The topological polar surface area (TPSA) is 67.2 Å². The summed E-state index contributed by atoms with van der Waals surface area (Å²) in [6.07, 6.45) is 5.67. The number of amides is 2. The number of hydrogen-bond acceptors (Lipinski definition) is 3. The molecule has 0 aliphatic carbocycles. The van der Waals surface area contributed by atoms with E-state index >= 15 is 0 Å². The first-order chi connectivity index (χ1) is 15.6. The van der Waals surface area contributed by atoms with Crippen molar-refractivity contribution in [3.8, 4) is 5.69 Å². The van der Waals surface area contributed by atoms with Crippen molar-refractivity contribution in [3.63, 3.8) is 0 Å². The number of carbonyl (C=O) groups excluding carboxylic acids is 2. The van der Waals surface area contributed by atoms with Crippen LogP contribution in [0.2, 0.25) is 0 Å². The normalized spacial score (nSPS) is 14.9. The molecule has 1 aromatic heterocycles. The first kappa shape index (κ1) is 19.8. The second-order valence-corrected chi connectivity index (χ2v) is 7.80. The Kier molecular flexibility index (Phi) is 5.03. The van der Waals surface area contributed by atoms with Gasteiger partial charge in [0, 0.05) is 24.2 Å². The molecule has 2 amide bonds. The highest BCUT2D eigenvalue weighted by Gasteiger charge is 2.28. The fraction of sp³-hybridized carbons (Fsp3) is 0.115. The van der Waals surface area contributed by atoms with E-state index in [2.05, 4.69) is 10.4 Å². The van der Waals surface area contributed by atoms with Gasteiger partial charge in [-0.1, -0.05) is 42.5 Å². The molecule has 158 valence electrons. The zero-order chi connectivity index (χ0) is 22.1. The van der Waals surface area contributed by atoms with Crippen molar-refractivity contribution >= 4 is 34.5 Å². The number of nitrogens with one attached hydrogen (secondary N) is 1. The monoisotopic (exact) mass is 422 g/mol. The van der Waals surface area contributed by atoms with Crippen LogP contribution in [0.3, 0.4) is 0 Å². The van der Waals surface area contributed by atoms with Crippen LogP contribution in [0.1, 0.15) is 30.5 Å². The Hall–Kier alpha value is -4.19. The van der Waals surface area contributed by atoms with Crippen molar-refractivity contribution < 1.29 is 9.59 Å². The van der Waals surface area contributed by atoms with Crippen LogP contribution in [0, 0.1) is 0 Å². The molecule has 0 unspecified atom stereocenters. The number of nitrogens with zero attached hydrogens (tertiary/aromatic N) is 3. The van der Waals surface area contributed by atoms with Gasteiger partial charge in [0.25, 0.3) is 0 Å². The molecule has 0 spiro atoms. The summed E-state index contributed by atoms with van der Waals surface area (Å²) in [4.78, 5) is 26.6. The third-order valence-electron chi connectivity index (χ3n) is 5.72. The molecule has 0 saturated heterocycles. The molecule has 0 bridgehead atoms. The van der Waals surface area contributed by atoms with E-state index in [1.54, 1.807) is 11.1 Å². The number of hydrogen-bond donors (Lipinski definition) is 1. The van der Waals surface area contributed by atoms with Gasteiger partial charge >= 0.3 is 0 Å². The minimum absolute atomic E-state index is 0.0932. The van der Waals surface area contributed by atoms with E-state index in [-0.39, 0.29) is 24.3 Å². The third kappa shape index (κ3) is 3.67. The van der Waals surface area contributed by atoms with Crippen LogP contribution >= 0.6 is 0 Å². The highest BCUT2D eigenvalue weighted by Crippen LogP contribution is 2.33. The summed E-state index contributed by atoms with van der Waals surface area (Å²) in [5.74, 6) is -0.243. The molecule has 1 aliphatic heterocycles. The van der Waals surface area contributed by atoms with Crippen LogP contribution in [0.5, 0.6) is 0 Å². The number of benzene rings is 3. The molecular weight excluding hydrogens is 400 g/mol. The molecule has 1 N–H and O–H groups in total. The Bertz CT molecular complexity index is 1340. The van der Waals surface area contributed by atoms with E-state index in [1.165, 1.54) is 6.92 Å². The number of aromatic nitrogens is 2. The van der Waals surface area contributed by atoms with Crippen LogP contribution in [0.15, 0.2) is 85.2 Å². The van der Waals surface area contributed by atoms with Crippen molar-refractivity contribution in [1.29, 1.82) is 0 Å². The fourth-order valence-electron chi connectivity index (χ4n) is 4.16. The summed E-state index contributed by atoms with van der Waals surface area (Å²) >= 11 is 0. The van der Waals surface area contributed by atoms with Crippen LogP contribution in [-0.4, -0.2) is 26.5 Å². The lowest BCUT2D eigenvalue weighted by Gasteiger charge is -2.32. The second-order valence-electron chi connectivity index (χ2n) is 7.80. The van der Waals surface area contributed by atoms with Crippen LogP contribution < -0.4 is 5.32 Å². The predicted molar refractivity (Wildman–Crippen MR) is 125 cm³/mol. The van der Waals surface area contributed by atoms with Gasteiger partial charge in [-0.25, -0.2) is 4.68 Å². The van der Waals surface area contributed by atoms with Gasteiger partial charge in [-0.05, 0) is 47.5 Å². The average Bonchev–Trinajstić information content (AvgIpc) is 3.24. The predicted octanol–water partition coefficient (Wildman–Crippen LogP) is 4.93. The molecule has 0 radical (unpaired) electrons. The standard InChI is InChI=1S/C26H22N4O2/c1-18(31)29-15-14-19-6-2-4-8-23(19)25(29)16-26(32)28-21-10-12-22(13-11-21)30-24-9-5-3-7-20(24)17-27-30/h2-15,17,25H,16H2,1H3,(H,28,32)/t25-/m0/s1. The van der Waals surface area contributed by atoms with Gasteiger partial charge in [-0.2, -0.15) is 5.10 Å². The smallest absolute Gasteiger partial charge is 0.226 e. The lowest BCUT2D eigenvalue weighted by Crippen LogP contribution is -2.33. The minimum Gasteiger partial charge on any atom is -0.326 e. The zero-order valence-corrected chi connectivity index (χ0v) is 17.6. The van der Waals surface area contributed by atoms with Gasteiger partial charge in [-0.3, -0.25) is 9.59 Å². The van der Waals surface area contributed by atoms with Gasteiger partial charge in [0.2, 0.25) is 11.8 Å². The second kappa shape index (κ2) is 8.15. The molecular formula is C26H22N4O2. The SMILES string of the molecule is CC(=O)N1C=Cc2ccccc2[C@@H]1CC(=O)Nc1ccc(-n2ncc3ccccc32)cc1. The van der Waals surface area contributed by atoms with Gasteiger partial charge in [0.15, 0.2) is 0 Å². The van der Waals surface area contributed by atoms with Gasteiger partial charge in [0.1, 0.15) is 0 Å². The Balaban J connectivity index is 1.33. The van der Waals surface area contributed by atoms with Gasteiger partial charge in [-0.15, -0.1) is 0 Å². The Morgan fingerprint density at radius 1 is 0.969 bits per heavy atom. The minimum atomic E-state index is -0.330. The molecule has 0 fully saturated rings. The maximum absolute atomic E-state index is 12.9. The maximum atomic E-state index is 12.9. The van der Waals surface area contributed by atoms with E-state index in [4.69, 9.17) is 0 Å². The molecule has 3 aromatic carbocycles. The Labute approximate surface area is 185 Å². The highest BCUT2D eigenvalue weighted by atomic mass is 16.2. The molecule has 1 atom stereocenters. The Morgan fingerprint density at radius 3 is 2.53 bits per heavy atom. The number of fused-ring (bicyclic) bond motifs is 2. The zero-order valence-electron chi connectivity index (χ0n) is 17.6. The van der Waals surface area contributed by atoms with Gasteiger partial charge in [0.05, 0.1) is 29.9 Å². The van der Waals surface area contributed by atoms with Crippen LogP contribution in [-0.2, 0) is 9.59 Å². The molecule has 1 aliphatic rings. The quantitative estimate of drug-likeness (QED) is 0.507. The molecule has 32 heavy (non-hydrogen) atoms. The molecule has 5 rings (SSSR count). The average molecular weight is 422 g/mol. The largest absolute Gasteiger partial charge is 0.326 e. The molecule has 6 nitrogen and oxygen atoms in total. The molecule has 6 heteroatoms. The summed E-state index contributed by atoms with van der Waals surface area (Å²) in [6, 6.07) is 23.1. The molecule has 0 saturated carbocycles. The van der Waals surface area contributed by atoms with Crippen LogP contribution in [0.25, 0.3) is 22.7 Å². The van der Waals surface area contributed by atoms with E-state index in [9.17, 15) is 9.59 Å². The number of para-hydroxylation sites is 1. The third-order valence-corrected chi connectivity index (χ3v) is 5.72. The maximum Gasteiger partial charge on any atom is 0.226 e. The molecule has 4 aromatic rings. The van der Waals surface area contributed by atoms with Crippen molar-refractivity contribution in [2.24, 2.45) is 0 Å². The number of carbonyl (C=O) groups is 2. The van der Waals surface area contributed by atoms with Crippen molar-refractivity contribution in [2.45, 2.75) is 19.4 Å². The first-order valence-electron chi connectivity index (χ1n) is 10.5. The summed E-state index contributed by atoms with van der Waals surface area (Å²) in [5.41, 5.74) is 4.64. The number of anilines is 1. The Morgan fingerprint density at radius 2 is 1.72 bits per heavy atom. The summed E-state index contributed by atoms with van der Waals surface area (Å²) < 4.78 is 1.87. The highest BCUT2D eigenvalue weighted by molar-refractivity contribution is 5.92. The van der Waals surface area contributed by atoms with Crippen molar-refractivity contribution in [1.82, 2.24) is 14.7 Å². The summed E-state index contributed by atoms with van der Waals surface area (Å²) in [5, 5.41) is 8.49. The fourth-order valence-corrected chi connectivity index (χ4v) is 4.16. The molecule has 2 heterocycles. The lowest BCUT2D eigenvalue weighted by atomic mass is 9.93. The van der Waals surface area contributed by atoms with Crippen molar-refractivity contribution in [3.05, 3.63) is 96.3 Å². The summed E-state index contributed by atoms with van der Waals surface area (Å²) in [7, 11) is 0. The van der Waals surface area contributed by atoms with E-state index < -0.39 is 0 Å². The van der Waals surface area contributed by atoms with Gasteiger partial charge < -0.3 is 10.2 Å². The van der Waals surface area contributed by atoms with Crippen molar-refractivity contribution in [2.75, 3.05) is 5.32 Å².